The van der Waals surface area contributed by atoms with Crippen molar-refractivity contribution in [1.29, 1.82) is 0 Å². The average Bonchev–Trinajstić information content (AvgIpc) is 3.32. The van der Waals surface area contributed by atoms with E-state index in [2.05, 4.69) is 10.2 Å². The van der Waals surface area contributed by atoms with Gasteiger partial charge in [0.15, 0.2) is 0 Å². The first-order valence-electron chi connectivity index (χ1n) is 7.51. The third-order valence-electron chi connectivity index (χ3n) is 3.89. The van der Waals surface area contributed by atoms with Gasteiger partial charge in [0.2, 0.25) is 0 Å². The first-order valence-corrected chi connectivity index (χ1v) is 7.51. The number of benzene rings is 1. The summed E-state index contributed by atoms with van der Waals surface area (Å²) in [5, 5.41) is 12.7. The van der Waals surface area contributed by atoms with Crippen molar-refractivity contribution in [3.63, 3.8) is 0 Å². The minimum absolute atomic E-state index is 0.129. The molecule has 1 fully saturated rings. The van der Waals surface area contributed by atoms with Crippen molar-refractivity contribution < 1.29 is 9.90 Å². The van der Waals surface area contributed by atoms with Gasteiger partial charge in [0.25, 0.3) is 0 Å². The Morgan fingerprint density at radius 3 is 2.62 bits per heavy atom. The van der Waals surface area contributed by atoms with E-state index >= 15 is 0 Å². The number of aliphatic hydroxyl groups excluding tert-OH is 1. The number of urea groups is 1. The van der Waals surface area contributed by atoms with Gasteiger partial charge in [0, 0.05) is 39.4 Å². The number of rotatable bonds is 7. The van der Waals surface area contributed by atoms with E-state index in [0.29, 0.717) is 19.0 Å². The first-order chi connectivity index (χ1) is 10.1. The number of carbonyl (C=O) groups is 1. The van der Waals surface area contributed by atoms with E-state index in [0.717, 1.165) is 25.1 Å². The minimum Gasteiger partial charge on any atom is -0.391 e. The minimum atomic E-state index is -0.382. The fourth-order valence-electron chi connectivity index (χ4n) is 2.27. The van der Waals surface area contributed by atoms with E-state index in [4.69, 9.17) is 0 Å². The van der Waals surface area contributed by atoms with Crippen molar-refractivity contribution in [1.82, 2.24) is 10.2 Å². The van der Waals surface area contributed by atoms with Crippen LogP contribution < -0.4 is 10.2 Å². The number of carbonyl (C=O) groups excluding carboxylic acids is 1. The van der Waals surface area contributed by atoms with Crippen molar-refractivity contribution in [2.75, 3.05) is 38.6 Å². The Hall–Kier alpha value is -1.75. The van der Waals surface area contributed by atoms with Gasteiger partial charge in [0.1, 0.15) is 0 Å². The van der Waals surface area contributed by atoms with Crippen LogP contribution in [0.4, 0.5) is 10.5 Å². The van der Waals surface area contributed by atoms with Crippen LogP contribution in [0.3, 0.4) is 0 Å². The van der Waals surface area contributed by atoms with E-state index in [-0.39, 0.29) is 12.1 Å². The molecule has 0 heterocycles. The molecule has 2 amide bonds. The number of hydrogen-bond acceptors (Lipinski definition) is 3. The Balaban J connectivity index is 1.66. The molecule has 0 radical (unpaired) electrons. The Labute approximate surface area is 126 Å². The van der Waals surface area contributed by atoms with Gasteiger partial charge in [-0.15, -0.1) is 0 Å². The molecule has 0 aliphatic heterocycles. The van der Waals surface area contributed by atoms with Gasteiger partial charge in [-0.2, -0.15) is 0 Å². The first kappa shape index (κ1) is 15.6. The summed E-state index contributed by atoms with van der Waals surface area (Å²) in [6.45, 7) is 1.73. The standard InChI is InChI=1S/C16H25N3O2/c1-18(14-6-4-3-5-7-14)11-10-17-16(21)19(2)12-15(20)13-8-9-13/h3-7,13,15,20H,8-12H2,1-2H3,(H,17,21). The van der Waals surface area contributed by atoms with Crippen molar-refractivity contribution in [2.45, 2.75) is 18.9 Å². The highest BCUT2D eigenvalue weighted by molar-refractivity contribution is 5.73. The van der Waals surface area contributed by atoms with Crippen molar-refractivity contribution in [3.05, 3.63) is 30.3 Å². The second-order valence-corrected chi connectivity index (χ2v) is 5.77. The molecule has 1 aliphatic carbocycles. The van der Waals surface area contributed by atoms with Crippen LogP contribution in [-0.4, -0.2) is 55.9 Å². The molecule has 21 heavy (non-hydrogen) atoms. The largest absolute Gasteiger partial charge is 0.391 e. The predicted molar refractivity (Wildman–Crippen MR) is 84.5 cm³/mol. The third-order valence-corrected chi connectivity index (χ3v) is 3.89. The summed E-state index contributed by atoms with van der Waals surface area (Å²) in [6, 6.07) is 9.93. The molecule has 1 aromatic carbocycles. The van der Waals surface area contributed by atoms with Crippen LogP contribution in [0.2, 0.25) is 0 Å². The zero-order valence-corrected chi connectivity index (χ0v) is 12.8. The van der Waals surface area contributed by atoms with E-state index in [1.165, 1.54) is 0 Å². The maximum atomic E-state index is 11.9. The second-order valence-electron chi connectivity index (χ2n) is 5.77. The molecule has 1 unspecified atom stereocenters. The molecular weight excluding hydrogens is 266 g/mol. The topological polar surface area (TPSA) is 55.8 Å². The zero-order chi connectivity index (χ0) is 15.2. The van der Waals surface area contributed by atoms with E-state index in [1.54, 1.807) is 11.9 Å². The number of nitrogens with one attached hydrogen (secondary N) is 1. The molecule has 0 aromatic heterocycles. The summed E-state index contributed by atoms with van der Waals surface area (Å²) in [6.07, 6.45) is 1.78. The third kappa shape index (κ3) is 4.93. The van der Waals surface area contributed by atoms with E-state index < -0.39 is 0 Å². The maximum absolute atomic E-state index is 11.9. The number of nitrogens with zero attached hydrogens (tertiary/aromatic N) is 2. The SMILES string of the molecule is CN(CC(O)C1CC1)C(=O)NCCN(C)c1ccccc1. The van der Waals surface area contributed by atoms with Crippen molar-refractivity contribution in [2.24, 2.45) is 5.92 Å². The van der Waals surface area contributed by atoms with Crippen molar-refractivity contribution in [3.8, 4) is 0 Å². The molecule has 1 saturated carbocycles. The van der Waals surface area contributed by atoms with Crippen LogP contribution in [0.25, 0.3) is 0 Å². The molecule has 1 aliphatic rings. The van der Waals surface area contributed by atoms with Crippen LogP contribution in [0.5, 0.6) is 0 Å². The molecule has 1 aromatic rings. The lowest BCUT2D eigenvalue weighted by atomic mass is 10.2. The van der Waals surface area contributed by atoms with Gasteiger partial charge < -0.3 is 20.2 Å². The Bertz CT molecular complexity index is 448. The smallest absolute Gasteiger partial charge is 0.317 e. The Morgan fingerprint density at radius 1 is 1.33 bits per heavy atom. The molecule has 5 heteroatoms. The van der Waals surface area contributed by atoms with Gasteiger partial charge in [-0.3, -0.25) is 0 Å². The van der Waals surface area contributed by atoms with Gasteiger partial charge in [-0.05, 0) is 30.9 Å². The van der Waals surface area contributed by atoms with Crippen LogP contribution in [0, 0.1) is 5.92 Å². The lowest BCUT2D eigenvalue weighted by Crippen LogP contribution is -2.43. The highest BCUT2D eigenvalue weighted by Crippen LogP contribution is 2.32. The number of hydrogen-bond donors (Lipinski definition) is 2. The van der Waals surface area contributed by atoms with Gasteiger partial charge in [-0.25, -0.2) is 4.79 Å². The zero-order valence-electron chi connectivity index (χ0n) is 12.8. The lowest BCUT2D eigenvalue weighted by molar-refractivity contribution is 0.113. The molecule has 2 rings (SSSR count). The normalized spacial score (nSPS) is 15.4. The van der Waals surface area contributed by atoms with E-state index in [9.17, 15) is 9.90 Å². The molecule has 0 saturated heterocycles. The quantitative estimate of drug-likeness (QED) is 0.801. The predicted octanol–water partition coefficient (Wildman–Crippen LogP) is 1.54. The molecular formula is C16H25N3O2. The number of amides is 2. The summed E-state index contributed by atoms with van der Waals surface area (Å²) < 4.78 is 0. The number of para-hydroxylation sites is 1. The number of anilines is 1. The van der Waals surface area contributed by atoms with Crippen molar-refractivity contribution >= 4 is 11.7 Å². The van der Waals surface area contributed by atoms with E-state index in [1.807, 2.05) is 37.4 Å². The maximum Gasteiger partial charge on any atom is 0.317 e. The number of likely N-dealkylation sites (N-methyl/N-ethyl adjacent to an activating group) is 2. The molecule has 0 spiro atoms. The van der Waals surface area contributed by atoms with Gasteiger partial charge >= 0.3 is 6.03 Å². The fourth-order valence-corrected chi connectivity index (χ4v) is 2.27. The fraction of sp³-hybridized carbons (Fsp3) is 0.562. The monoisotopic (exact) mass is 291 g/mol. The summed E-state index contributed by atoms with van der Waals surface area (Å²) >= 11 is 0. The number of aliphatic hydroxyl groups is 1. The van der Waals surface area contributed by atoms with Gasteiger partial charge in [0.05, 0.1) is 6.10 Å². The lowest BCUT2D eigenvalue weighted by Gasteiger charge is -2.23. The molecule has 1 atom stereocenters. The summed E-state index contributed by atoms with van der Waals surface area (Å²) in [7, 11) is 3.73. The summed E-state index contributed by atoms with van der Waals surface area (Å²) in [5.74, 6) is 0.393. The van der Waals surface area contributed by atoms with Crippen LogP contribution >= 0.6 is 0 Å². The highest BCUT2D eigenvalue weighted by atomic mass is 16.3. The molecule has 0 bridgehead atoms. The summed E-state index contributed by atoms with van der Waals surface area (Å²) in [4.78, 5) is 15.6. The average molecular weight is 291 g/mol. The van der Waals surface area contributed by atoms with Crippen LogP contribution in [0.15, 0.2) is 30.3 Å². The Kier molecular flexibility index (Phi) is 5.44. The summed E-state index contributed by atoms with van der Waals surface area (Å²) in [5.41, 5.74) is 1.13. The second kappa shape index (κ2) is 7.31. The molecule has 5 nitrogen and oxygen atoms in total. The van der Waals surface area contributed by atoms with Gasteiger partial charge in [-0.1, -0.05) is 18.2 Å². The Morgan fingerprint density at radius 2 is 2.00 bits per heavy atom. The van der Waals surface area contributed by atoms with Crippen LogP contribution in [-0.2, 0) is 0 Å². The highest BCUT2D eigenvalue weighted by Gasteiger charge is 2.31. The van der Waals surface area contributed by atoms with Crippen LogP contribution in [0.1, 0.15) is 12.8 Å². The molecule has 116 valence electrons. The molecule has 2 N–H and O–H groups in total.